The van der Waals surface area contributed by atoms with Crippen LogP contribution < -0.4 is 10.4 Å². The lowest BCUT2D eigenvalue weighted by Crippen LogP contribution is -2.14. The van der Waals surface area contributed by atoms with Crippen molar-refractivity contribution in [2.45, 2.75) is 0 Å². The maximum atomic E-state index is 14.4. The Morgan fingerprint density at radius 3 is 1.48 bits per heavy atom. The zero-order valence-corrected chi connectivity index (χ0v) is 16.2. The predicted octanol–water partition coefficient (Wildman–Crippen LogP) is 3.57. The van der Waals surface area contributed by atoms with E-state index in [1.165, 1.54) is 36.4 Å². The van der Waals surface area contributed by atoms with Crippen LogP contribution in [-0.2, 0) is 0 Å². The maximum Gasteiger partial charge on any atom is 0.180 e. The molecule has 0 saturated carbocycles. The highest BCUT2D eigenvalue weighted by atomic mass is 19.2. The van der Waals surface area contributed by atoms with Crippen molar-refractivity contribution in [2.75, 3.05) is 0 Å². The Hall–Kier alpha value is -4.99. The molecule has 0 fully saturated rings. The number of halogens is 5. The third kappa shape index (κ3) is 4.00. The Morgan fingerprint density at radius 1 is 0.576 bits per heavy atom. The van der Waals surface area contributed by atoms with E-state index < -0.39 is 51.3 Å². The second kappa shape index (κ2) is 9.02. The summed E-state index contributed by atoms with van der Waals surface area (Å²) in [7, 11) is 0. The summed E-state index contributed by atoms with van der Waals surface area (Å²) in [6.45, 7) is 0. The molecule has 0 amide bonds. The first-order valence-electron chi connectivity index (χ1n) is 8.89. The molecule has 0 unspecified atom stereocenters. The predicted molar refractivity (Wildman–Crippen MR) is 104 cm³/mol. The molecule has 0 bridgehead atoms. The van der Waals surface area contributed by atoms with Crippen LogP contribution in [0.3, 0.4) is 0 Å². The van der Waals surface area contributed by atoms with Crippen molar-refractivity contribution in [3.05, 3.63) is 104 Å². The van der Waals surface area contributed by atoms with Gasteiger partial charge in [0, 0.05) is 5.56 Å². The van der Waals surface area contributed by atoms with Crippen LogP contribution in [0.1, 0.15) is 22.3 Å². The molecule has 33 heavy (non-hydrogen) atoms. The Bertz CT molecular complexity index is 1570. The summed E-state index contributed by atoms with van der Waals surface area (Å²) in [6.07, 6.45) is 0. The fraction of sp³-hybridized carbons (Fsp3) is 0. The molecule has 0 aliphatic carbocycles. The molecule has 0 atom stereocenters. The van der Waals surface area contributed by atoms with Crippen molar-refractivity contribution in [3.63, 3.8) is 0 Å². The van der Waals surface area contributed by atoms with Crippen molar-refractivity contribution < 1.29 is 22.0 Å². The van der Waals surface area contributed by atoms with Crippen molar-refractivity contribution in [1.29, 1.82) is 21.0 Å². The minimum Gasteiger partial charge on any atom is -0.205 e. The van der Waals surface area contributed by atoms with E-state index in [0.29, 0.717) is 6.07 Å². The summed E-state index contributed by atoms with van der Waals surface area (Å²) < 4.78 is 70.2. The van der Waals surface area contributed by atoms with E-state index in [9.17, 15) is 32.5 Å². The average molecular weight is 446 g/mol. The monoisotopic (exact) mass is 446 g/mol. The van der Waals surface area contributed by atoms with Crippen LogP contribution in [0, 0.1) is 74.4 Å². The van der Waals surface area contributed by atoms with Gasteiger partial charge in [-0.2, -0.15) is 21.0 Å². The van der Waals surface area contributed by atoms with Crippen LogP contribution in [0.25, 0.3) is 11.1 Å². The lowest BCUT2D eigenvalue weighted by atomic mass is 9.99. The average Bonchev–Trinajstić information content (AvgIpc) is 2.79. The number of hydrogen-bond acceptors (Lipinski definition) is 4. The topological polar surface area (TPSA) is 95.2 Å². The summed E-state index contributed by atoms with van der Waals surface area (Å²) in [6, 6.07) is 13.2. The van der Waals surface area contributed by atoms with Crippen molar-refractivity contribution >= 4 is 11.1 Å². The van der Waals surface area contributed by atoms with Crippen LogP contribution in [0.4, 0.5) is 22.0 Å². The van der Waals surface area contributed by atoms with Crippen molar-refractivity contribution in [2.24, 2.45) is 0 Å². The first-order chi connectivity index (χ1) is 15.8. The van der Waals surface area contributed by atoms with Gasteiger partial charge in [-0.1, -0.05) is 24.3 Å². The van der Waals surface area contributed by atoms with E-state index in [1.807, 2.05) is 0 Å². The third-order valence-electron chi connectivity index (χ3n) is 4.67. The normalized spacial score (nSPS) is 9.85. The van der Waals surface area contributed by atoms with E-state index in [0.717, 1.165) is 12.1 Å². The number of hydrogen-bond donors (Lipinski definition) is 0. The van der Waals surface area contributed by atoms with Gasteiger partial charge in [-0.3, -0.25) is 0 Å². The van der Waals surface area contributed by atoms with Gasteiger partial charge in [0.1, 0.15) is 52.9 Å². The highest BCUT2D eigenvalue weighted by molar-refractivity contribution is 5.78. The highest BCUT2D eigenvalue weighted by Crippen LogP contribution is 2.24. The Morgan fingerprint density at radius 2 is 1.03 bits per heavy atom. The lowest BCUT2D eigenvalue weighted by molar-refractivity contribution is 0.489. The third-order valence-corrected chi connectivity index (χ3v) is 4.67. The smallest absolute Gasteiger partial charge is 0.180 e. The quantitative estimate of drug-likeness (QED) is 0.444. The summed E-state index contributed by atoms with van der Waals surface area (Å²) >= 11 is 0. The molecular weight excluding hydrogens is 439 g/mol. The fourth-order valence-electron chi connectivity index (χ4n) is 3.08. The highest BCUT2D eigenvalue weighted by Gasteiger charge is 2.21. The summed E-state index contributed by atoms with van der Waals surface area (Å²) in [5, 5.41) is 36.6. The van der Waals surface area contributed by atoms with Gasteiger partial charge in [0.25, 0.3) is 0 Å². The van der Waals surface area contributed by atoms with Gasteiger partial charge in [-0.25, -0.2) is 22.0 Å². The first-order valence-corrected chi connectivity index (χ1v) is 8.89. The van der Waals surface area contributed by atoms with E-state index in [2.05, 4.69) is 0 Å². The molecule has 0 N–H and O–H groups in total. The number of nitriles is 4. The van der Waals surface area contributed by atoms with Gasteiger partial charge >= 0.3 is 0 Å². The van der Waals surface area contributed by atoms with Crippen molar-refractivity contribution in [1.82, 2.24) is 0 Å². The van der Waals surface area contributed by atoms with Crippen LogP contribution in [0.15, 0.2) is 42.5 Å². The Kier molecular flexibility index (Phi) is 6.20. The zero-order valence-electron chi connectivity index (χ0n) is 16.2. The van der Waals surface area contributed by atoms with E-state index >= 15 is 0 Å². The van der Waals surface area contributed by atoms with Crippen LogP contribution in [-0.4, -0.2) is 0 Å². The molecule has 0 saturated heterocycles. The van der Waals surface area contributed by atoms with Crippen LogP contribution in [0.5, 0.6) is 0 Å². The van der Waals surface area contributed by atoms with E-state index in [-0.39, 0.29) is 21.6 Å². The summed E-state index contributed by atoms with van der Waals surface area (Å²) in [4.78, 5) is 0. The minimum absolute atomic E-state index is 0.0261. The number of benzene rings is 3. The SMILES string of the molecule is N#CC(c1cc(F)c(C#N)c(F)c1)=c1ccc(=C(C#N)c2cc(F)c(C#N)c(F)c2F)cc1. The molecule has 0 heterocycles. The molecule has 0 aliphatic rings. The molecule has 0 aromatic heterocycles. The molecule has 0 spiro atoms. The largest absolute Gasteiger partial charge is 0.205 e. The van der Waals surface area contributed by atoms with Crippen LogP contribution >= 0.6 is 0 Å². The van der Waals surface area contributed by atoms with Crippen molar-refractivity contribution in [3.8, 4) is 24.3 Å². The fourth-order valence-corrected chi connectivity index (χ4v) is 3.08. The molecule has 158 valence electrons. The van der Waals surface area contributed by atoms with Gasteiger partial charge in [-0.15, -0.1) is 0 Å². The Balaban J connectivity index is 2.26. The lowest BCUT2D eigenvalue weighted by Gasteiger charge is -2.06. The molecular formula is C24H7F5N4. The molecule has 0 radical (unpaired) electrons. The Labute approximate surface area is 183 Å². The zero-order chi connectivity index (χ0) is 24.3. The molecule has 3 aromatic carbocycles. The second-order valence-corrected chi connectivity index (χ2v) is 6.50. The van der Waals surface area contributed by atoms with Gasteiger partial charge in [-0.05, 0) is 34.2 Å². The van der Waals surface area contributed by atoms with Gasteiger partial charge in [0.2, 0.25) is 0 Å². The van der Waals surface area contributed by atoms with Gasteiger partial charge in [0.05, 0.1) is 11.1 Å². The van der Waals surface area contributed by atoms with Gasteiger partial charge in [0.15, 0.2) is 11.6 Å². The second-order valence-electron chi connectivity index (χ2n) is 6.50. The molecule has 3 aromatic rings. The molecule has 4 nitrogen and oxygen atoms in total. The molecule has 0 aliphatic heterocycles. The minimum atomic E-state index is -1.73. The standard InChI is InChI=1S/C24H7F5N4/c25-20-5-14(6-21(26)18(20)10-32)16(8-30)12-1-3-13(4-2-12)17(9-31)15-7-22(27)19(11-33)24(29)23(15)28/h1-7H. The van der Waals surface area contributed by atoms with Gasteiger partial charge < -0.3 is 0 Å². The van der Waals surface area contributed by atoms with E-state index in [1.54, 1.807) is 12.1 Å². The number of nitrogens with zero attached hydrogens (tertiary/aromatic N) is 4. The summed E-state index contributed by atoms with van der Waals surface area (Å²) in [5.74, 6) is -6.97. The van der Waals surface area contributed by atoms with E-state index in [4.69, 9.17) is 10.5 Å². The summed E-state index contributed by atoms with van der Waals surface area (Å²) in [5.41, 5.74) is -3.40. The molecule has 3 rings (SSSR count). The maximum absolute atomic E-state index is 14.4. The number of rotatable bonds is 2. The first kappa shape index (κ1) is 22.7. The van der Waals surface area contributed by atoms with Crippen LogP contribution in [0.2, 0.25) is 0 Å². The molecule has 9 heteroatoms.